The molecule has 19 heavy (non-hydrogen) atoms. The lowest BCUT2D eigenvalue weighted by molar-refractivity contribution is -0.140. The van der Waals surface area contributed by atoms with Gasteiger partial charge in [-0.25, -0.2) is 0 Å². The Morgan fingerprint density at radius 1 is 1.16 bits per heavy atom. The van der Waals surface area contributed by atoms with E-state index < -0.39 is 5.97 Å². The zero-order chi connectivity index (χ0) is 13.8. The highest BCUT2D eigenvalue weighted by atomic mass is 16.4. The van der Waals surface area contributed by atoms with Crippen molar-refractivity contribution in [2.75, 3.05) is 0 Å². The molecule has 2 saturated carbocycles. The average Bonchev–Trinajstić information content (AvgIpc) is 2.37. The van der Waals surface area contributed by atoms with Crippen molar-refractivity contribution in [1.29, 1.82) is 0 Å². The van der Waals surface area contributed by atoms with Crippen molar-refractivity contribution in [2.45, 2.75) is 77.3 Å². The third-order valence-electron chi connectivity index (χ3n) is 4.98. The minimum atomic E-state index is -0.681. The predicted molar refractivity (Wildman–Crippen MR) is 77.1 cm³/mol. The number of nitrogens with one attached hydrogen (secondary N) is 1. The van der Waals surface area contributed by atoms with E-state index in [0.717, 1.165) is 18.3 Å². The van der Waals surface area contributed by atoms with Gasteiger partial charge in [0.1, 0.15) is 6.04 Å². The molecule has 0 aromatic heterocycles. The fourth-order valence-corrected chi connectivity index (χ4v) is 4.02. The Hall–Kier alpha value is -0.570. The van der Waals surface area contributed by atoms with Crippen LogP contribution in [-0.4, -0.2) is 23.2 Å². The average molecular weight is 267 g/mol. The number of hydrogen-bond donors (Lipinski definition) is 2. The van der Waals surface area contributed by atoms with Crippen molar-refractivity contribution in [2.24, 2.45) is 17.8 Å². The second kappa shape index (κ2) is 6.74. The van der Waals surface area contributed by atoms with Crippen LogP contribution in [-0.2, 0) is 4.79 Å². The summed E-state index contributed by atoms with van der Waals surface area (Å²) in [6.07, 6.45) is 9.97. The zero-order valence-corrected chi connectivity index (χ0v) is 12.4. The summed E-state index contributed by atoms with van der Waals surface area (Å²) in [5.41, 5.74) is 0. The Labute approximate surface area is 117 Å². The van der Waals surface area contributed by atoms with Crippen LogP contribution >= 0.6 is 0 Å². The molecule has 2 N–H and O–H groups in total. The fraction of sp³-hybridized carbons (Fsp3) is 0.938. The molecule has 3 nitrogen and oxygen atoms in total. The van der Waals surface area contributed by atoms with Crippen LogP contribution in [0.3, 0.4) is 0 Å². The molecule has 4 unspecified atom stereocenters. The van der Waals surface area contributed by atoms with Gasteiger partial charge in [0.05, 0.1) is 0 Å². The van der Waals surface area contributed by atoms with Crippen LogP contribution in [0.5, 0.6) is 0 Å². The van der Waals surface area contributed by atoms with Crippen molar-refractivity contribution in [3.8, 4) is 0 Å². The zero-order valence-electron chi connectivity index (χ0n) is 12.4. The monoisotopic (exact) mass is 267 g/mol. The standard InChI is InChI=1S/C16H29NO2/c1-11(2)9-15(16(18)19)17-14-8-7-12-5-3-4-6-13(12)10-14/h11-15,17H,3-10H2,1-2H3,(H,18,19). The molecule has 0 amide bonds. The maximum Gasteiger partial charge on any atom is 0.320 e. The summed E-state index contributed by atoms with van der Waals surface area (Å²) in [4.78, 5) is 11.3. The van der Waals surface area contributed by atoms with Gasteiger partial charge in [-0.15, -0.1) is 0 Å². The van der Waals surface area contributed by atoms with E-state index in [1.165, 1.54) is 44.9 Å². The molecule has 2 rings (SSSR count). The van der Waals surface area contributed by atoms with Gasteiger partial charge in [0.2, 0.25) is 0 Å². The van der Waals surface area contributed by atoms with Crippen LogP contribution in [0.1, 0.15) is 65.2 Å². The number of fused-ring (bicyclic) bond motifs is 1. The number of carboxylic acids is 1. The Kier molecular flexibility index (Phi) is 5.26. The van der Waals surface area contributed by atoms with E-state index in [9.17, 15) is 9.90 Å². The van der Waals surface area contributed by atoms with Crippen LogP contribution in [0.4, 0.5) is 0 Å². The number of carbonyl (C=O) groups is 1. The first-order valence-electron chi connectivity index (χ1n) is 8.05. The summed E-state index contributed by atoms with van der Waals surface area (Å²) >= 11 is 0. The number of carboxylic acid groups (broad SMARTS) is 1. The first kappa shape index (κ1) is 14.8. The van der Waals surface area contributed by atoms with E-state index in [0.29, 0.717) is 12.0 Å². The van der Waals surface area contributed by atoms with Crippen molar-refractivity contribution < 1.29 is 9.90 Å². The molecule has 2 aliphatic rings. The molecule has 110 valence electrons. The van der Waals surface area contributed by atoms with Crippen molar-refractivity contribution in [3.63, 3.8) is 0 Å². The highest BCUT2D eigenvalue weighted by Gasteiger charge is 2.33. The summed E-state index contributed by atoms with van der Waals surface area (Å²) in [5, 5.41) is 12.7. The Morgan fingerprint density at radius 2 is 1.84 bits per heavy atom. The van der Waals surface area contributed by atoms with E-state index in [-0.39, 0.29) is 6.04 Å². The van der Waals surface area contributed by atoms with Gasteiger partial charge < -0.3 is 10.4 Å². The molecule has 2 fully saturated rings. The van der Waals surface area contributed by atoms with Crippen LogP contribution < -0.4 is 5.32 Å². The third kappa shape index (κ3) is 4.20. The third-order valence-corrected chi connectivity index (χ3v) is 4.98. The smallest absolute Gasteiger partial charge is 0.320 e. The highest BCUT2D eigenvalue weighted by Crippen LogP contribution is 2.40. The van der Waals surface area contributed by atoms with E-state index in [2.05, 4.69) is 19.2 Å². The molecule has 0 heterocycles. The lowest BCUT2D eigenvalue weighted by Gasteiger charge is -2.40. The number of rotatable bonds is 5. The van der Waals surface area contributed by atoms with Crippen molar-refractivity contribution in [1.82, 2.24) is 5.32 Å². The number of hydrogen-bond acceptors (Lipinski definition) is 2. The van der Waals surface area contributed by atoms with Crippen LogP contribution in [0.25, 0.3) is 0 Å². The van der Waals surface area contributed by atoms with Gasteiger partial charge in [-0.3, -0.25) is 4.79 Å². The summed E-state index contributed by atoms with van der Waals surface area (Å²) in [5.74, 6) is 1.53. The second-order valence-electron chi connectivity index (χ2n) is 7.00. The number of aliphatic carboxylic acids is 1. The SMILES string of the molecule is CC(C)CC(NC1CCC2CCCCC2C1)C(=O)O. The molecule has 0 aromatic carbocycles. The molecule has 3 heteroatoms. The molecule has 0 aliphatic heterocycles. The van der Waals surface area contributed by atoms with Gasteiger partial charge in [0.25, 0.3) is 0 Å². The van der Waals surface area contributed by atoms with Gasteiger partial charge in [0, 0.05) is 6.04 Å². The van der Waals surface area contributed by atoms with E-state index >= 15 is 0 Å². The molecule has 2 aliphatic carbocycles. The molecule has 0 saturated heterocycles. The summed E-state index contributed by atoms with van der Waals surface area (Å²) < 4.78 is 0. The van der Waals surface area contributed by atoms with Gasteiger partial charge in [-0.1, -0.05) is 39.5 Å². The molecule has 4 atom stereocenters. The van der Waals surface area contributed by atoms with Gasteiger partial charge in [0.15, 0.2) is 0 Å². The minimum Gasteiger partial charge on any atom is -0.480 e. The van der Waals surface area contributed by atoms with E-state index in [1.807, 2.05) is 0 Å². The molecular formula is C16H29NO2. The molecular weight excluding hydrogens is 238 g/mol. The molecule has 0 bridgehead atoms. The van der Waals surface area contributed by atoms with Crippen molar-refractivity contribution in [3.05, 3.63) is 0 Å². The first-order valence-corrected chi connectivity index (χ1v) is 8.05. The quantitative estimate of drug-likeness (QED) is 0.802. The van der Waals surface area contributed by atoms with E-state index in [4.69, 9.17) is 0 Å². The van der Waals surface area contributed by atoms with Crippen LogP contribution in [0, 0.1) is 17.8 Å². The maximum atomic E-state index is 11.3. The van der Waals surface area contributed by atoms with Crippen molar-refractivity contribution >= 4 is 5.97 Å². The molecule has 0 spiro atoms. The predicted octanol–water partition coefficient (Wildman–Crippen LogP) is 3.43. The molecule has 0 aromatic rings. The Balaban J connectivity index is 1.86. The van der Waals surface area contributed by atoms with Crippen LogP contribution in [0.15, 0.2) is 0 Å². The normalized spacial score (nSPS) is 32.9. The topological polar surface area (TPSA) is 49.3 Å². The van der Waals surface area contributed by atoms with Crippen LogP contribution in [0.2, 0.25) is 0 Å². The molecule has 0 radical (unpaired) electrons. The highest BCUT2D eigenvalue weighted by molar-refractivity contribution is 5.73. The Bertz CT molecular complexity index is 303. The summed E-state index contributed by atoms with van der Waals surface area (Å²) in [6.45, 7) is 4.19. The van der Waals surface area contributed by atoms with Gasteiger partial charge >= 0.3 is 5.97 Å². The first-order chi connectivity index (χ1) is 9.06. The Morgan fingerprint density at radius 3 is 2.47 bits per heavy atom. The summed E-state index contributed by atoms with van der Waals surface area (Å²) in [7, 11) is 0. The van der Waals surface area contributed by atoms with Gasteiger partial charge in [-0.2, -0.15) is 0 Å². The maximum absolute atomic E-state index is 11.3. The second-order valence-corrected chi connectivity index (χ2v) is 7.00. The van der Waals surface area contributed by atoms with Gasteiger partial charge in [-0.05, 0) is 43.4 Å². The fourth-order valence-electron chi connectivity index (χ4n) is 4.02. The lowest BCUT2D eigenvalue weighted by Crippen LogP contribution is -2.47. The lowest BCUT2D eigenvalue weighted by atomic mass is 9.69. The summed E-state index contributed by atoms with van der Waals surface area (Å²) in [6, 6.07) is 0.0735. The largest absolute Gasteiger partial charge is 0.480 e. The minimum absolute atomic E-state index is 0.356. The van der Waals surface area contributed by atoms with E-state index in [1.54, 1.807) is 0 Å².